The van der Waals surface area contributed by atoms with Crippen LogP contribution >= 0.6 is 24.0 Å². The number of benzene rings is 1. The number of halogens is 4. The first-order chi connectivity index (χ1) is 8.28. The van der Waals surface area contributed by atoms with Gasteiger partial charge < -0.3 is 11.1 Å². The number of hydrogen-bond acceptors (Lipinski definition) is 1. The van der Waals surface area contributed by atoms with Gasteiger partial charge >= 0.3 is 6.18 Å². The van der Waals surface area contributed by atoms with Gasteiger partial charge in [0.05, 0.1) is 13.0 Å². The molecule has 3 nitrogen and oxygen atoms in total. The van der Waals surface area contributed by atoms with Crippen LogP contribution in [-0.2, 0) is 0 Å². The molecule has 0 aliphatic carbocycles. The summed E-state index contributed by atoms with van der Waals surface area (Å²) in [6, 6.07) is 5.57. The molecule has 0 aliphatic heterocycles. The second-order valence-electron chi connectivity index (χ2n) is 4.06. The third-order valence-electron chi connectivity index (χ3n) is 2.46. The van der Waals surface area contributed by atoms with E-state index < -0.39 is 12.6 Å². The van der Waals surface area contributed by atoms with E-state index in [9.17, 15) is 13.2 Å². The molecule has 3 N–H and O–H groups in total. The number of aliphatic imine (C=N–C) groups is 1. The van der Waals surface area contributed by atoms with E-state index in [1.54, 1.807) is 6.07 Å². The average molecular weight is 387 g/mol. The molecule has 0 spiro atoms. The maximum absolute atomic E-state index is 11.9. The van der Waals surface area contributed by atoms with Crippen LogP contribution in [0.15, 0.2) is 23.2 Å². The highest BCUT2D eigenvalue weighted by molar-refractivity contribution is 14.0. The summed E-state index contributed by atoms with van der Waals surface area (Å²) >= 11 is 0. The highest BCUT2D eigenvalue weighted by atomic mass is 127. The van der Waals surface area contributed by atoms with E-state index >= 15 is 0 Å². The van der Waals surface area contributed by atoms with Crippen molar-refractivity contribution in [2.24, 2.45) is 10.7 Å². The number of guanidine groups is 1. The maximum atomic E-state index is 11.9. The van der Waals surface area contributed by atoms with Crippen LogP contribution in [0.2, 0.25) is 0 Å². The van der Waals surface area contributed by atoms with Gasteiger partial charge in [-0.05, 0) is 37.1 Å². The fourth-order valence-electron chi connectivity index (χ4n) is 1.31. The van der Waals surface area contributed by atoms with E-state index in [1.165, 1.54) is 0 Å². The van der Waals surface area contributed by atoms with Crippen LogP contribution in [-0.4, -0.2) is 18.7 Å². The van der Waals surface area contributed by atoms with Crippen molar-refractivity contribution in [1.29, 1.82) is 0 Å². The second kappa shape index (κ2) is 7.56. The zero-order valence-corrected chi connectivity index (χ0v) is 13.0. The van der Waals surface area contributed by atoms with Gasteiger partial charge in [-0.3, -0.25) is 4.99 Å². The Kier molecular flexibility index (Phi) is 7.17. The minimum absolute atomic E-state index is 0. The fraction of sp³-hybridized carbons (Fsp3) is 0.417. The molecule has 0 saturated carbocycles. The standard InChI is InChI=1S/C12H16F3N3.HI/c1-8-3-4-10(7-9(8)2)18-11(16)17-6-5-12(13,14)15;/h3-4,7H,5-6H2,1-2H3,(H3,16,17,18);1H. The minimum atomic E-state index is -4.20. The summed E-state index contributed by atoms with van der Waals surface area (Å²) in [7, 11) is 0. The lowest BCUT2D eigenvalue weighted by atomic mass is 10.1. The van der Waals surface area contributed by atoms with Gasteiger partial charge in [-0.25, -0.2) is 0 Å². The lowest BCUT2D eigenvalue weighted by Crippen LogP contribution is -2.23. The molecule has 0 unspecified atom stereocenters. The van der Waals surface area contributed by atoms with Gasteiger partial charge in [0.15, 0.2) is 5.96 Å². The van der Waals surface area contributed by atoms with Gasteiger partial charge in [0.25, 0.3) is 0 Å². The summed E-state index contributed by atoms with van der Waals surface area (Å²) in [5.41, 5.74) is 8.41. The van der Waals surface area contributed by atoms with Crippen molar-refractivity contribution in [3.8, 4) is 0 Å². The summed E-state index contributed by atoms with van der Waals surface area (Å²) in [6.45, 7) is 3.55. The van der Waals surface area contributed by atoms with Crippen LogP contribution in [0, 0.1) is 13.8 Å². The molecule has 0 heterocycles. The first-order valence-corrected chi connectivity index (χ1v) is 5.49. The summed E-state index contributed by atoms with van der Waals surface area (Å²) in [6.07, 6.45) is -5.17. The van der Waals surface area contributed by atoms with Crippen molar-refractivity contribution in [2.75, 3.05) is 11.9 Å². The number of nitrogens with zero attached hydrogens (tertiary/aromatic N) is 1. The van der Waals surface area contributed by atoms with Crippen LogP contribution < -0.4 is 11.1 Å². The minimum Gasteiger partial charge on any atom is -0.370 e. The molecule has 108 valence electrons. The van der Waals surface area contributed by atoms with Crippen molar-refractivity contribution in [3.05, 3.63) is 29.3 Å². The molecule has 0 amide bonds. The van der Waals surface area contributed by atoms with Gasteiger partial charge in [-0.1, -0.05) is 6.07 Å². The quantitative estimate of drug-likeness (QED) is 0.473. The molecule has 1 aromatic rings. The summed E-state index contributed by atoms with van der Waals surface area (Å²) in [5.74, 6) is -0.0116. The zero-order chi connectivity index (χ0) is 13.8. The highest BCUT2D eigenvalue weighted by Gasteiger charge is 2.26. The predicted octanol–water partition coefficient (Wildman–Crippen LogP) is 3.60. The number of nitrogens with two attached hydrogens (primary N) is 1. The van der Waals surface area contributed by atoms with E-state index in [0.717, 1.165) is 11.1 Å². The van der Waals surface area contributed by atoms with Gasteiger partial charge in [-0.15, -0.1) is 24.0 Å². The summed E-state index contributed by atoms with van der Waals surface area (Å²) < 4.78 is 35.7. The molecule has 7 heteroatoms. The van der Waals surface area contributed by atoms with Crippen LogP contribution in [0.5, 0.6) is 0 Å². The second-order valence-corrected chi connectivity index (χ2v) is 4.06. The molecule has 0 aromatic heterocycles. The number of aryl methyl sites for hydroxylation is 2. The number of nitrogens with one attached hydrogen (secondary N) is 1. The Hall–Kier alpha value is -0.990. The fourth-order valence-corrected chi connectivity index (χ4v) is 1.31. The molecule has 0 saturated heterocycles. The number of anilines is 1. The first kappa shape index (κ1) is 18.0. The molecule has 19 heavy (non-hydrogen) atoms. The normalized spacial score (nSPS) is 11.9. The SMILES string of the molecule is Cc1ccc(NC(N)=NCCC(F)(F)F)cc1C.I. The summed E-state index contributed by atoms with van der Waals surface area (Å²) in [5, 5.41) is 2.76. The van der Waals surface area contributed by atoms with Crippen LogP contribution in [0.4, 0.5) is 18.9 Å². The molecule has 0 bridgehead atoms. The third-order valence-corrected chi connectivity index (χ3v) is 2.46. The number of rotatable bonds is 3. The molecule has 1 rings (SSSR count). The Balaban J connectivity index is 0.00000324. The van der Waals surface area contributed by atoms with Gasteiger partial charge in [0, 0.05) is 5.69 Å². The molecular weight excluding hydrogens is 370 g/mol. The van der Waals surface area contributed by atoms with Crippen molar-refractivity contribution in [2.45, 2.75) is 26.4 Å². The third kappa shape index (κ3) is 7.24. The van der Waals surface area contributed by atoms with Crippen LogP contribution in [0.3, 0.4) is 0 Å². The molecule has 0 fully saturated rings. The van der Waals surface area contributed by atoms with Crippen molar-refractivity contribution in [3.63, 3.8) is 0 Å². The van der Waals surface area contributed by atoms with Crippen molar-refractivity contribution >= 4 is 35.6 Å². The van der Waals surface area contributed by atoms with E-state index in [0.29, 0.717) is 5.69 Å². The first-order valence-electron chi connectivity index (χ1n) is 5.49. The molecule has 0 atom stereocenters. The Morgan fingerprint density at radius 1 is 1.26 bits per heavy atom. The van der Waals surface area contributed by atoms with Gasteiger partial charge in [-0.2, -0.15) is 13.2 Å². The van der Waals surface area contributed by atoms with Crippen molar-refractivity contribution in [1.82, 2.24) is 0 Å². The van der Waals surface area contributed by atoms with Gasteiger partial charge in [0.2, 0.25) is 0 Å². The maximum Gasteiger partial charge on any atom is 0.390 e. The van der Waals surface area contributed by atoms with E-state index in [2.05, 4.69) is 10.3 Å². The van der Waals surface area contributed by atoms with E-state index in [-0.39, 0.29) is 36.5 Å². The molecule has 1 aromatic carbocycles. The predicted molar refractivity (Wildman–Crippen MR) is 82.1 cm³/mol. The monoisotopic (exact) mass is 387 g/mol. The Labute approximate surface area is 127 Å². The van der Waals surface area contributed by atoms with Gasteiger partial charge in [0.1, 0.15) is 0 Å². The number of hydrogen-bond donors (Lipinski definition) is 2. The lowest BCUT2D eigenvalue weighted by Gasteiger charge is -2.08. The van der Waals surface area contributed by atoms with E-state index in [1.807, 2.05) is 26.0 Å². The lowest BCUT2D eigenvalue weighted by molar-refractivity contribution is -0.132. The highest BCUT2D eigenvalue weighted by Crippen LogP contribution is 2.19. The largest absolute Gasteiger partial charge is 0.390 e. The number of alkyl halides is 3. The summed E-state index contributed by atoms with van der Waals surface area (Å²) in [4.78, 5) is 3.62. The van der Waals surface area contributed by atoms with Crippen LogP contribution in [0.1, 0.15) is 17.5 Å². The molecular formula is C12H17F3IN3. The van der Waals surface area contributed by atoms with Crippen LogP contribution in [0.25, 0.3) is 0 Å². The zero-order valence-electron chi connectivity index (χ0n) is 10.7. The van der Waals surface area contributed by atoms with E-state index in [4.69, 9.17) is 5.73 Å². The Morgan fingerprint density at radius 2 is 1.89 bits per heavy atom. The Bertz CT molecular complexity index is 444. The smallest absolute Gasteiger partial charge is 0.370 e. The molecule has 0 radical (unpaired) electrons. The average Bonchev–Trinajstić information content (AvgIpc) is 2.21. The Morgan fingerprint density at radius 3 is 2.42 bits per heavy atom. The van der Waals surface area contributed by atoms with Crippen molar-refractivity contribution < 1.29 is 13.2 Å². The molecule has 0 aliphatic rings. The topological polar surface area (TPSA) is 50.4 Å².